The molecule has 1 aliphatic rings. The van der Waals surface area contributed by atoms with Gasteiger partial charge in [0.25, 0.3) is 5.91 Å². The molecule has 0 aliphatic heterocycles. The number of carbonyl (C=O) groups is 1. The van der Waals surface area contributed by atoms with Gasteiger partial charge >= 0.3 is 0 Å². The summed E-state index contributed by atoms with van der Waals surface area (Å²) in [5.74, 6) is -0.616. The van der Waals surface area contributed by atoms with Crippen molar-refractivity contribution in [2.45, 2.75) is 38.1 Å². The van der Waals surface area contributed by atoms with Crippen LogP contribution in [0.2, 0.25) is 0 Å². The minimum Gasteiger partial charge on any atom is -0.347 e. The third-order valence-electron chi connectivity index (χ3n) is 3.32. The molecule has 4 heteroatoms. The van der Waals surface area contributed by atoms with Crippen molar-refractivity contribution in [1.82, 2.24) is 5.32 Å². The maximum Gasteiger partial charge on any atom is 0.252 e. The number of halogens is 2. The fourth-order valence-electron chi connectivity index (χ4n) is 2.30. The number of benzene rings is 1. The van der Waals surface area contributed by atoms with Gasteiger partial charge in [-0.25, -0.2) is 4.39 Å². The molecule has 92 valence electrons. The topological polar surface area (TPSA) is 29.1 Å². The van der Waals surface area contributed by atoms with Crippen LogP contribution in [-0.2, 0) is 0 Å². The van der Waals surface area contributed by atoms with E-state index in [0.717, 1.165) is 25.7 Å². The highest BCUT2D eigenvalue weighted by Gasteiger charge is 2.30. The van der Waals surface area contributed by atoms with E-state index < -0.39 is 5.82 Å². The lowest BCUT2D eigenvalue weighted by atomic mass is 10.00. The fourth-order valence-corrected chi connectivity index (χ4v) is 2.75. The maximum atomic E-state index is 13.3. The van der Waals surface area contributed by atoms with Crippen molar-refractivity contribution < 1.29 is 9.18 Å². The first-order chi connectivity index (χ1) is 8.02. The zero-order valence-corrected chi connectivity index (χ0v) is 11.3. The highest BCUT2D eigenvalue weighted by molar-refractivity contribution is 9.10. The van der Waals surface area contributed by atoms with Crippen LogP contribution < -0.4 is 5.32 Å². The molecule has 1 aromatic carbocycles. The number of carbonyl (C=O) groups excluding carboxylic acids is 1. The molecule has 2 rings (SSSR count). The molecule has 0 atom stereocenters. The molecular formula is C13H15BrFNO. The predicted octanol–water partition coefficient (Wildman–Crippen LogP) is 3.65. The monoisotopic (exact) mass is 299 g/mol. The molecule has 0 unspecified atom stereocenters. The minimum atomic E-state index is -0.408. The van der Waals surface area contributed by atoms with Crippen LogP contribution in [0.15, 0.2) is 22.7 Å². The smallest absolute Gasteiger partial charge is 0.252 e. The van der Waals surface area contributed by atoms with Crippen molar-refractivity contribution in [2.24, 2.45) is 0 Å². The predicted molar refractivity (Wildman–Crippen MR) is 68.4 cm³/mol. The van der Waals surface area contributed by atoms with Crippen molar-refractivity contribution in [3.05, 3.63) is 34.1 Å². The van der Waals surface area contributed by atoms with Crippen LogP contribution in [0.25, 0.3) is 0 Å². The van der Waals surface area contributed by atoms with Crippen molar-refractivity contribution in [3.63, 3.8) is 0 Å². The van der Waals surface area contributed by atoms with Crippen LogP contribution in [-0.4, -0.2) is 11.4 Å². The Morgan fingerprint density at radius 1 is 1.41 bits per heavy atom. The van der Waals surface area contributed by atoms with Gasteiger partial charge in [0, 0.05) is 5.54 Å². The Morgan fingerprint density at radius 2 is 2.06 bits per heavy atom. The van der Waals surface area contributed by atoms with E-state index in [4.69, 9.17) is 0 Å². The van der Waals surface area contributed by atoms with Crippen LogP contribution in [0.1, 0.15) is 43.0 Å². The summed E-state index contributed by atoms with van der Waals surface area (Å²) in [4.78, 5) is 12.1. The standard InChI is InChI=1S/C13H15BrFNO/c1-13(7-2-3-8-13)16-12(17)9-5-4-6-10(15)11(9)14/h4-6H,2-3,7-8H2,1H3,(H,16,17). The Labute approximate surface area is 109 Å². The van der Waals surface area contributed by atoms with Gasteiger partial charge < -0.3 is 5.32 Å². The summed E-state index contributed by atoms with van der Waals surface area (Å²) < 4.78 is 13.6. The SMILES string of the molecule is CC1(NC(=O)c2cccc(F)c2Br)CCCC1. The Bertz CT molecular complexity index is 441. The van der Waals surface area contributed by atoms with Gasteiger partial charge in [0.15, 0.2) is 0 Å². The van der Waals surface area contributed by atoms with Crippen molar-refractivity contribution >= 4 is 21.8 Å². The third kappa shape index (κ3) is 2.68. The first-order valence-corrected chi connectivity index (χ1v) is 6.58. The summed E-state index contributed by atoms with van der Waals surface area (Å²) in [6.07, 6.45) is 4.26. The van der Waals surface area contributed by atoms with Gasteiger partial charge in [-0.2, -0.15) is 0 Å². The average molecular weight is 300 g/mol. The van der Waals surface area contributed by atoms with E-state index in [1.165, 1.54) is 6.07 Å². The summed E-state index contributed by atoms with van der Waals surface area (Å²) in [5, 5.41) is 3.00. The molecule has 0 saturated heterocycles. The molecule has 0 bridgehead atoms. The van der Waals surface area contributed by atoms with Gasteiger partial charge in [-0.3, -0.25) is 4.79 Å². The van der Waals surface area contributed by atoms with Gasteiger partial charge in [-0.05, 0) is 47.8 Å². The highest BCUT2D eigenvalue weighted by atomic mass is 79.9. The molecule has 1 N–H and O–H groups in total. The first-order valence-electron chi connectivity index (χ1n) is 5.78. The molecule has 1 aromatic rings. The number of rotatable bonds is 2. The zero-order valence-electron chi connectivity index (χ0n) is 9.72. The van der Waals surface area contributed by atoms with Crippen molar-refractivity contribution in [3.8, 4) is 0 Å². The molecule has 2 nitrogen and oxygen atoms in total. The molecule has 17 heavy (non-hydrogen) atoms. The highest BCUT2D eigenvalue weighted by Crippen LogP contribution is 2.30. The van der Waals surface area contributed by atoms with E-state index in [2.05, 4.69) is 21.2 Å². The van der Waals surface area contributed by atoms with Gasteiger partial charge in [0.1, 0.15) is 5.82 Å². The number of amides is 1. The normalized spacial score (nSPS) is 18.1. The Kier molecular flexibility index (Phi) is 3.52. The summed E-state index contributed by atoms with van der Waals surface area (Å²) in [6.45, 7) is 2.05. The number of hydrogen-bond donors (Lipinski definition) is 1. The number of nitrogens with one attached hydrogen (secondary N) is 1. The quantitative estimate of drug-likeness (QED) is 0.887. The zero-order chi connectivity index (χ0) is 12.5. The second-order valence-corrected chi connectivity index (χ2v) is 5.62. The fraction of sp³-hybridized carbons (Fsp3) is 0.462. The Balaban J connectivity index is 2.17. The van der Waals surface area contributed by atoms with Crippen LogP contribution in [0.4, 0.5) is 4.39 Å². The maximum absolute atomic E-state index is 13.3. The van der Waals surface area contributed by atoms with E-state index in [1.54, 1.807) is 12.1 Å². The summed E-state index contributed by atoms with van der Waals surface area (Å²) in [5.41, 5.74) is 0.223. The van der Waals surface area contributed by atoms with Gasteiger partial charge in [0.05, 0.1) is 10.0 Å². The molecule has 0 heterocycles. The van der Waals surface area contributed by atoms with E-state index in [9.17, 15) is 9.18 Å². The van der Waals surface area contributed by atoms with E-state index in [1.807, 2.05) is 6.92 Å². The van der Waals surface area contributed by atoms with Gasteiger partial charge in [-0.15, -0.1) is 0 Å². The molecule has 0 radical (unpaired) electrons. The van der Waals surface area contributed by atoms with Crippen LogP contribution >= 0.6 is 15.9 Å². The molecular weight excluding hydrogens is 285 g/mol. The minimum absolute atomic E-state index is 0.136. The second kappa shape index (κ2) is 4.77. The molecule has 1 fully saturated rings. The molecule has 1 saturated carbocycles. The molecule has 0 aromatic heterocycles. The van der Waals surface area contributed by atoms with Crippen molar-refractivity contribution in [1.29, 1.82) is 0 Å². The average Bonchev–Trinajstić information content (AvgIpc) is 2.68. The third-order valence-corrected chi connectivity index (χ3v) is 4.12. The Hall–Kier alpha value is -0.900. The lowest BCUT2D eigenvalue weighted by Crippen LogP contribution is -2.43. The van der Waals surface area contributed by atoms with Crippen LogP contribution in [0.5, 0.6) is 0 Å². The first kappa shape index (κ1) is 12.6. The van der Waals surface area contributed by atoms with E-state index in [-0.39, 0.29) is 15.9 Å². The summed E-state index contributed by atoms with van der Waals surface area (Å²) in [6, 6.07) is 4.50. The van der Waals surface area contributed by atoms with Gasteiger partial charge in [-0.1, -0.05) is 18.9 Å². The summed E-state index contributed by atoms with van der Waals surface area (Å²) in [7, 11) is 0. The van der Waals surface area contributed by atoms with Crippen molar-refractivity contribution in [2.75, 3.05) is 0 Å². The molecule has 0 spiro atoms. The van der Waals surface area contributed by atoms with Crippen LogP contribution in [0, 0.1) is 5.82 Å². The van der Waals surface area contributed by atoms with E-state index >= 15 is 0 Å². The Morgan fingerprint density at radius 3 is 2.71 bits per heavy atom. The largest absolute Gasteiger partial charge is 0.347 e. The number of hydrogen-bond acceptors (Lipinski definition) is 1. The molecule has 1 aliphatic carbocycles. The van der Waals surface area contributed by atoms with Gasteiger partial charge in [0.2, 0.25) is 0 Å². The molecule has 1 amide bonds. The van der Waals surface area contributed by atoms with E-state index in [0.29, 0.717) is 5.56 Å². The lowest BCUT2D eigenvalue weighted by Gasteiger charge is -2.25. The lowest BCUT2D eigenvalue weighted by molar-refractivity contribution is 0.0906. The second-order valence-electron chi connectivity index (χ2n) is 4.82. The van der Waals surface area contributed by atoms with Crippen LogP contribution in [0.3, 0.4) is 0 Å². The summed E-state index contributed by atoms with van der Waals surface area (Å²) >= 11 is 3.11.